The van der Waals surface area contributed by atoms with E-state index >= 15 is 0 Å². The lowest BCUT2D eigenvalue weighted by Crippen LogP contribution is -2.42. The van der Waals surface area contributed by atoms with Crippen molar-refractivity contribution in [1.29, 1.82) is 0 Å². The maximum absolute atomic E-state index is 12.6. The van der Waals surface area contributed by atoms with Crippen LogP contribution < -0.4 is 16.8 Å². The number of nitrogens with two attached hydrogens (primary N) is 2. The number of methoxy groups -OCH3 is 1. The molecule has 2 unspecified atom stereocenters. The molecule has 10 N–H and O–H groups in total. The summed E-state index contributed by atoms with van der Waals surface area (Å²) in [5, 5.41) is 48.1. The van der Waals surface area contributed by atoms with E-state index in [4.69, 9.17) is 44.3 Å². The van der Waals surface area contributed by atoms with Gasteiger partial charge in [0.05, 0.1) is 19.2 Å². The van der Waals surface area contributed by atoms with Crippen LogP contribution in [0.2, 0.25) is 0 Å². The number of amides is 1. The first-order chi connectivity index (χ1) is 32.5. The van der Waals surface area contributed by atoms with Gasteiger partial charge >= 0.3 is 17.9 Å². The number of nitrogen functional groups attached to an aromatic ring is 1. The van der Waals surface area contributed by atoms with Crippen molar-refractivity contribution in [2.24, 2.45) is 17.6 Å². The SMILES string of the molecule is CC/C=C\CC(=O)Cl.CC/C=C\CC(=O)NC(CC(C)C)C(=O)Cc1ccc(O)c(C(=O)O)c1.COC(=O)c1cc(CC(=O)C(N)CC(C)C)ccc1O.Nc1ccc(O)c(C(=O)O)c1.[2HH].[2H][2H].[3H][3H]. The van der Waals surface area contributed by atoms with E-state index in [1.807, 2.05) is 53.7 Å². The van der Waals surface area contributed by atoms with E-state index in [0.29, 0.717) is 42.0 Å². The zero-order valence-corrected chi connectivity index (χ0v) is 38.8. The normalized spacial score (nSPS) is 11.8. The smallest absolute Gasteiger partial charge is 0.341 e. The largest absolute Gasteiger partial charge is 0.507 e. The van der Waals surface area contributed by atoms with Crippen LogP contribution in [0.1, 0.15) is 130 Å². The molecule has 0 saturated heterocycles. The topological polar surface area (TPSA) is 294 Å². The number of allylic oxidation sites excluding steroid dienone is 3. The standard InChI is InChI=1S/C20H27NO5.C15H21NO4.C7H7NO3.C6H9ClO.3H2/c1-4-5-6-7-19(24)21-16(10-13(2)3)18(23)12-14-8-9-17(22)15(11-14)20(25)26;1-9(2)6-12(16)14(18)8-10-4-5-13(17)11(7-10)15(19)20-3;8-4-1-2-6(9)5(3-4)7(10)11;1-2-3-4-5-6(7)8;;;/h5-6,8-9,11,13,16,22H,4,7,10,12H2,1-3H3,(H,21,24)(H,25,26);4-5,7,9,12,17H,6,8,16H2,1-3H3;1-3,9H,8H2,(H,10,11);3-4H,2,5H2,1H3;3*1H/b6-5-;;;4-3-;;;/i;;;;1+2T;1+1D;1+1. The number of aromatic carboxylic acids is 2. The van der Waals surface area contributed by atoms with E-state index in [-0.39, 0.29) is 83.3 Å². The second kappa shape index (κ2) is 31.3. The minimum Gasteiger partial charge on any atom is -0.507 e. The van der Waals surface area contributed by atoms with Crippen LogP contribution in [-0.2, 0) is 36.8 Å². The van der Waals surface area contributed by atoms with Gasteiger partial charge < -0.3 is 47.1 Å². The summed E-state index contributed by atoms with van der Waals surface area (Å²) in [6.45, 7) is 11.9. The van der Waals surface area contributed by atoms with E-state index in [2.05, 4.69) is 10.1 Å². The van der Waals surface area contributed by atoms with Crippen LogP contribution in [-0.4, -0.2) is 85.4 Å². The third-order valence-electron chi connectivity index (χ3n) is 8.72. The molecular weight excluding hydrogens is 862 g/mol. The molecule has 3 rings (SSSR count). The Kier molecular flexibility index (Phi) is 26.3. The van der Waals surface area contributed by atoms with Crippen molar-refractivity contribution in [2.75, 3.05) is 12.8 Å². The molecular formula is C48H70ClN3O13. The number of halogens is 1. The van der Waals surface area contributed by atoms with Gasteiger partial charge in [-0.2, -0.15) is 0 Å². The van der Waals surface area contributed by atoms with Crippen LogP contribution in [0.4, 0.5) is 5.69 Å². The van der Waals surface area contributed by atoms with E-state index in [1.54, 1.807) is 18.2 Å². The summed E-state index contributed by atoms with van der Waals surface area (Å²) in [5.41, 5.74) is 12.2. The molecule has 0 heterocycles. The number of phenols is 3. The molecule has 0 aliphatic rings. The lowest BCUT2D eigenvalue weighted by Gasteiger charge is -2.19. The summed E-state index contributed by atoms with van der Waals surface area (Å²) in [5.74, 6) is -3.79. The molecule has 16 nitrogen and oxygen atoms in total. The minimum atomic E-state index is -1.26. The van der Waals surface area contributed by atoms with E-state index in [0.717, 1.165) is 12.8 Å². The zero-order chi connectivity index (χ0) is 53.8. The Morgan fingerprint density at radius 3 is 1.62 bits per heavy atom. The first-order valence-electron chi connectivity index (χ1n) is 22.8. The first-order valence-corrected chi connectivity index (χ1v) is 21.2. The summed E-state index contributed by atoms with van der Waals surface area (Å²) in [6.07, 6.45) is 11.0. The second-order valence-electron chi connectivity index (χ2n) is 15.4. The molecule has 0 aliphatic heterocycles. The molecule has 362 valence electrons. The van der Waals surface area contributed by atoms with Crippen LogP contribution in [0, 0.1) is 11.8 Å². The summed E-state index contributed by atoms with van der Waals surface area (Å²) < 4.78 is 24.6. The molecule has 0 saturated carbocycles. The Bertz CT molecular complexity index is 2140. The van der Waals surface area contributed by atoms with Crippen LogP contribution in [0.25, 0.3) is 0 Å². The van der Waals surface area contributed by atoms with Crippen molar-refractivity contribution in [2.45, 2.75) is 105 Å². The highest BCUT2D eigenvalue weighted by Gasteiger charge is 2.23. The van der Waals surface area contributed by atoms with Crippen LogP contribution in [0.15, 0.2) is 78.9 Å². The molecule has 1 amide bonds. The average molecular weight is 940 g/mol. The first kappa shape index (κ1) is 54.6. The van der Waals surface area contributed by atoms with Crippen LogP contribution in [0.5, 0.6) is 17.2 Å². The fourth-order valence-electron chi connectivity index (χ4n) is 5.55. The van der Waals surface area contributed by atoms with Crippen LogP contribution in [0.3, 0.4) is 0 Å². The number of hydrogen-bond donors (Lipinski definition) is 8. The van der Waals surface area contributed by atoms with Gasteiger partial charge in [0, 0.05) is 38.7 Å². The monoisotopic (exact) mass is 938 g/mol. The van der Waals surface area contributed by atoms with Crippen LogP contribution >= 0.6 is 11.6 Å². The van der Waals surface area contributed by atoms with Gasteiger partial charge in [-0.15, -0.1) is 0 Å². The third-order valence-corrected chi connectivity index (χ3v) is 8.88. The minimum absolute atomic E-state index is 0. The molecule has 0 bridgehead atoms. The summed E-state index contributed by atoms with van der Waals surface area (Å²) in [4.78, 5) is 79.6. The van der Waals surface area contributed by atoms with Gasteiger partial charge in [-0.05, 0) is 103 Å². The Morgan fingerprint density at radius 2 is 1.17 bits per heavy atom. The van der Waals surface area contributed by atoms with Gasteiger partial charge in [-0.1, -0.05) is 78.0 Å². The number of benzene rings is 3. The van der Waals surface area contributed by atoms with Crippen molar-refractivity contribution in [3.8, 4) is 17.2 Å². The molecule has 3 aromatic rings. The molecule has 0 fully saturated rings. The Labute approximate surface area is 393 Å². The number of carboxylic acids is 2. The number of anilines is 1. The maximum Gasteiger partial charge on any atom is 0.341 e. The summed E-state index contributed by atoms with van der Waals surface area (Å²) in [7, 11) is 1.23. The molecule has 0 spiro atoms. The fourth-order valence-corrected chi connectivity index (χ4v) is 5.64. The fraction of sp³-hybridized carbons (Fsp3) is 0.396. The van der Waals surface area contributed by atoms with Gasteiger partial charge in [0.15, 0.2) is 11.6 Å². The highest BCUT2D eigenvalue weighted by atomic mass is 35.5. The zero-order valence-electron chi connectivity index (χ0n) is 42.0. The predicted molar refractivity (Wildman–Crippen MR) is 256 cm³/mol. The number of ether oxygens (including phenoxy) is 1. The van der Waals surface area contributed by atoms with Crippen molar-refractivity contribution in [3.63, 3.8) is 0 Å². The van der Waals surface area contributed by atoms with E-state index in [9.17, 15) is 43.8 Å². The predicted octanol–water partition coefficient (Wildman–Crippen LogP) is 8.27. The molecule has 2 atom stereocenters. The van der Waals surface area contributed by atoms with E-state index in [1.165, 1.54) is 55.6 Å². The van der Waals surface area contributed by atoms with Crippen molar-refractivity contribution >= 4 is 57.9 Å². The number of carboxylic acid groups (broad SMARTS) is 2. The number of hydrogen-bond acceptors (Lipinski definition) is 13. The average Bonchev–Trinajstić information content (AvgIpc) is 3.29. The Hall–Kier alpha value is -6.52. The number of esters is 1. The van der Waals surface area contributed by atoms with Gasteiger partial charge in [0.1, 0.15) is 33.9 Å². The molecule has 0 radical (unpaired) electrons. The highest BCUT2D eigenvalue weighted by molar-refractivity contribution is 6.63. The number of rotatable bonds is 20. The lowest BCUT2D eigenvalue weighted by molar-refractivity contribution is -0.127. The van der Waals surface area contributed by atoms with Crippen molar-refractivity contribution in [1.82, 2.24) is 5.32 Å². The third kappa shape index (κ3) is 24.8. The highest BCUT2D eigenvalue weighted by Crippen LogP contribution is 2.22. The van der Waals surface area contributed by atoms with Gasteiger partial charge in [-0.3, -0.25) is 19.2 Å². The quantitative estimate of drug-likeness (QED) is 0.0174. The maximum atomic E-state index is 12.6. The number of Topliss-reactive ketones (excluding diaryl/α,β-unsaturated/α-hetero) is 2. The van der Waals surface area contributed by atoms with Gasteiger partial charge in [0.2, 0.25) is 11.1 Å². The number of ketones is 2. The Morgan fingerprint density at radius 1 is 0.723 bits per heavy atom. The summed E-state index contributed by atoms with van der Waals surface area (Å²) >= 11 is 5.02. The molecule has 3 aromatic carbocycles. The molecule has 0 aromatic heterocycles. The number of aromatic hydroxyl groups is 3. The lowest BCUT2D eigenvalue weighted by atomic mass is 9.95. The van der Waals surface area contributed by atoms with Crippen molar-refractivity contribution in [3.05, 3.63) is 107 Å². The van der Waals surface area contributed by atoms with Gasteiger partial charge in [-0.25, -0.2) is 14.4 Å². The number of carbonyl (C=O) groups excluding carboxylic acids is 5. The number of carbonyl (C=O) groups is 7. The second-order valence-corrected chi connectivity index (χ2v) is 15.8. The van der Waals surface area contributed by atoms with Crippen molar-refractivity contribution < 1.29 is 71.2 Å². The molecule has 17 heteroatoms. The molecule has 65 heavy (non-hydrogen) atoms. The number of phenolic OH excluding ortho intramolecular Hbond substituents is 1. The van der Waals surface area contributed by atoms with E-state index < -0.39 is 30.0 Å². The summed E-state index contributed by atoms with van der Waals surface area (Å²) in [6, 6.07) is 11.2. The molecule has 0 aliphatic carbocycles. The Balaban J connectivity index is -0.000000435. The number of nitrogens with one attached hydrogen (secondary N) is 1. The van der Waals surface area contributed by atoms with Gasteiger partial charge in [0.25, 0.3) is 0 Å².